The number of halogens is 2. The van der Waals surface area contributed by atoms with E-state index >= 15 is 0 Å². The van der Waals surface area contributed by atoms with Crippen molar-refractivity contribution in [2.75, 3.05) is 11.4 Å². The smallest absolute Gasteiger partial charge is 0.231 e. The quantitative estimate of drug-likeness (QED) is 0.835. The van der Waals surface area contributed by atoms with E-state index in [4.69, 9.17) is 23.2 Å². The van der Waals surface area contributed by atoms with Crippen molar-refractivity contribution in [2.24, 2.45) is 5.92 Å². The number of anilines is 1. The van der Waals surface area contributed by atoms with Crippen molar-refractivity contribution < 1.29 is 0 Å². The molecule has 0 bridgehead atoms. The minimum atomic E-state index is 0.157. The number of hydrogen-bond acceptors (Lipinski definition) is 4. The van der Waals surface area contributed by atoms with Crippen molar-refractivity contribution in [2.45, 2.75) is 32.7 Å². The van der Waals surface area contributed by atoms with Crippen LogP contribution in [0.4, 0.5) is 5.95 Å². The zero-order valence-electron chi connectivity index (χ0n) is 9.32. The summed E-state index contributed by atoms with van der Waals surface area (Å²) in [6.07, 6.45) is 2.38. The summed E-state index contributed by atoms with van der Waals surface area (Å²) in [6.45, 7) is 5.25. The lowest BCUT2D eigenvalue weighted by Crippen LogP contribution is -2.31. The first-order valence-electron chi connectivity index (χ1n) is 5.40. The van der Waals surface area contributed by atoms with Crippen molar-refractivity contribution in [1.29, 1.82) is 0 Å². The number of hydrogen-bond donors (Lipinski definition) is 0. The molecule has 0 saturated heterocycles. The molecular formula is C10H14Cl2N4. The molecule has 2 rings (SSSR count). The molecule has 88 valence electrons. The van der Waals surface area contributed by atoms with Gasteiger partial charge in [-0.25, -0.2) is 0 Å². The maximum Gasteiger partial charge on any atom is 0.231 e. The Labute approximate surface area is 105 Å². The lowest BCUT2D eigenvalue weighted by atomic mass is 10.2. The van der Waals surface area contributed by atoms with Crippen LogP contribution in [0.25, 0.3) is 0 Å². The third-order valence-electron chi connectivity index (χ3n) is 2.38. The molecule has 4 nitrogen and oxygen atoms in total. The molecule has 0 atom stereocenters. The average Bonchev–Trinajstić information content (AvgIpc) is 2.95. The van der Waals surface area contributed by atoms with Crippen LogP contribution in [0.5, 0.6) is 0 Å². The molecular weight excluding hydrogens is 247 g/mol. The summed E-state index contributed by atoms with van der Waals surface area (Å²) in [5.41, 5.74) is 0. The summed E-state index contributed by atoms with van der Waals surface area (Å²) < 4.78 is 0. The molecule has 1 saturated carbocycles. The van der Waals surface area contributed by atoms with Crippen molar-refractivity contribution in [3.8, 4) is 0 Å². The average molecular weight is 261 g/mol. The highest BCUT2D eigenvalue weighted by Crippen LogP contribution is 2.31. The topological polar surface area (TPSA) is 41.9 Å². The largest absolute Gasteiger partial charge is 0.337 e. The third-order valence-corrected chi connectivity index (χ3v) is 2.71. The Kier molecular flexibility index (Phi) is 3.50. The highest BCUT2D eigenvalue weighted by atomic mass is 35.5. The van der Waals surface area contributed by atoms with Crippen LogP contribution in [-0.2, 0) is 0 Å². The van der Waals surface area contributed by atoms with Gasteiger partial charge in [0.05, 0.1) is 0 Å². The molecule has 1 aliphatic rings. The predicted octanol–water partition coefficient (Wildman–Crippen LogP) is 2.80. The molecule has 0 radical (unpaired) electrons. The SMILES string of the molecule is CC(C)CN(c1nc(Cl)nc(Cl)n1)C1CC1. The highest BCUT2D eigenvalue weighted by molar-refractivity contribution is 6.31. The summed E-state index contributed by atoms with van der Waals surface area (Å²) in [4.78, 5) is 14.2. The van der Waals surface area contributed by atoms with Gasteiger partial charge >= 0.3 is 0 Å². The van der Waals surface area contributed by atoms with Gasteiger partial charge in [-0.15, -0.1) is 0 Å². The summed E-state index contributed by atoms with van der Waals surface area (Å²) >= 11 is 11.6. The molecule has 0 N–H and O–H groups in total. The van der Waals surface area contributed by atoms with Gasteiger partial charge in [-0.1, -0.05) is 13.8 Å². The first-order chi connectivity index (χ1) is 7.56. The van der Waals surface area contributed by atoms with E-state index < -0.39 is 0 Å². The Hall–Kier alpha value is -0.610. The predicted molar refractivity (Wildman–Crippen MR) is 65.1 cm³/mol. The first kappa shape index (κ1) is 11.9. The van der Waals surface area contributed by atoms with Gasteiger partial charge in [0.2, 0.25) is 16.5 Å². The van der Waals surface area contributed by atoms with E-state index in [1.165, 1.54) is 12.8 Å². The monoisotopic (exact) mass is 260 g/mol. The molecule has 1 aliphatic carbocycles. The van der Waals surface area contributed by atoms with Crippen LogP contribution in [0.3, 0.4) is 0 Å². The van der Waals surface area contributed by atoms with Crippen LogP contribution in [0.2, 0.25) is 10.6 Å². The van der Waals surface area contributed by atoms with Crippen molar-refractivity contribution >= 4 is 29.2 Å². The van der Waals surface area contributed by atoms with Gasteiger partial charge in [-0.3, -0.25) is 0 Å². The second-order valence-corrected chi connectivity index (χ2v) is 5.13. The van der Waals surface area contributed by atoms with Crippen LogP contribution >= 0.6 is 23.2 Å². The van der Waals surface area contributed by atoms with E-state index in [9.17, 15) is 0 Å². The van der Waals surface area contributed by atoms with E-state index in [-0.39, 0.29) is 10.6 Å². The van der Waals surface area contributed by atoms with Gasteiger partial charge in [-0.05, 0) is 42.0 Å². The van der Waals surface area contributed by atoms with Crippen LogP contribution < -0.4 is 4.90 Å². The number of rotatable bonds is 4. The molecule has 0 spiro atoms. The minimum Gasteiger partial charge on any atom is -0.337 e. The number of aromatic nitrogens is 3. The Morgan fingerprint density at radius 1 is 1.19 bits per heavy atom. The Morgan fingerprint density at radius 3 is 2.19 bits per heavy atom. The van der Waals surface area contributed by atoms with Gasteiger partial charge in [0.1, 0.15) is 0 Å². The fourth-order valence-corrected chi connectivity index (χ4v) is 1.97. The van der Waals surface area contributed by atoms with Crippen molar-refractivity contribution in [3.05, 3.63) is 10.6 Å². The Morgan fingerprint density at radius 2 is 1.75 bits per heavy atom. The van der Waals surface area contributed by atoms with Crippen LogP contribution in [-0.4, -0.2) is 27.5 Å². The molecule has 0 unspecified atom stereocenters. The summed E-state index contributed by atoms with van der Waals surface area (Å²) in [7, 11) is 0. The zero-order valence-corrected chi connectivity index (χ0v) is 10.8. The second-order valence-electron chi connectivity index (χ2n) is 4.45. The van der Waals surface area contributed by atoms with Gasteiger partial charge in [-0.2, -0.15) is 15.0 Å². The highest BCUT2D eigenvalue weighted by Gasteiger charge is 2.31. The number of nitrogens with zero attached hydrogens (tertiary/aromatic N) is 4. The Bertz CT molecular complexity index is 359. The lowest BCUT2D eigenvalue weighted by molar-refractivity contribution is 0.596. The van der Waals surface area contributed by atoms with Crippen LogP contribution in [0, 0.1) is 5.92 Å². The second kappa shape index (κ2) is 4.72. The zero-order chi connectivity index (χ0) is 11.7. The lowest BCUT2D eigenvalue weighted by Gasteiger charge is -2.24. The van der Waals surface area contributed by atoms with E-state index in [2.05, 4.69) is 33.7 Å². The molecule has 1 heterocycles. The van der Waals surface area contributed by atoms with Crippen molar-refractivity contribution in [3.63, 3.8) is 0 Å². The van der Waals surface area contributed by atoms with Crippen molar-refractivity contribution in [1.82, 2.24) is 15.0 Å². The fourth-order valence-electron chi connectivity index (χ4n) is 1.62. The van der Waals surface area contributed by atoms with Crippen LogP contribution in [0.1, 0.15) is 26.7 Å². The van der Waals surface area contributed by atoms with Gasteiger partial charge in [0.15, 0.2) is 0 Å². The minimum absolute atomic E-state index is 0.157. The molecule has 0 aliphatic heterocycles. The van der Waals surface area contributed by atoms with Gasteiger partial charge in [0.25, 0.3) is 0 Å². The molecule has 1 aromatic heterocycles. The maximum absolute atomic E-state index is 5.78. The molecule has 16 heavy (non-hydrogen) atoms. The standard InChI is InChI=1S/C10H14Cl2N4/c1-6(2)5-16(7-3-4-7)10-14-8(11)13-9(12)15-10/h6-7H,3-5H2,1-2H3. The van der Waals surface area contributed by atoms with Crippen LogP contribution in [0.15, 0.2) is 0 Å². The van der Waals surface area contributed by atoms with Gasteiger partial charge in [0, 0.05) is 12.6 Å². The summed E-state index contributed by atoms with van der Waals surface area (Å²) in [5, 5.41) is 0.314. The van der Waals surface area contributed by atoms with E-state index in [0.717, 1.165) is 6.54 Å². The molecule has 1 fully saturated rings. The van der Waals surface area contributed by atoms with E-state index in [1.807, 2.05) is 0 Å². The third kappa shape index (κ3) is 2.95. The maximum atomic E-state index is 5.78. The summed E-state index contributed by atoms with van der Waals surface area (Å²) in [6, 6.07) is 0.539. The fraction of sp³-hybridized carbons (Fsp3) is 0.700. The Balaban J connectivity index is 2.23. The first-order valence-corrected chi connectivity index (χ1v) is 6.15. The normalized spacial score (nSPS) is 15.6. The van der Waals surface area contributed by atoms with E-state index in [0.29, 0.717) is 17.9 Å². The molecule has 6 heteroatoms. The van der Waals surface area contributed by atoms with Gasteiger partial charge < -0.3 is 4.90 Å². The van der Waals surface area contributed by atoms with E-state index in [1.54, 1.807) is 0 Å². The molecule has 0 aromatic carbocycles. The molecule has 0 amide bonds. The molecule has 1 aromatic rings. The summed E-state index contributed by atoms with van der Waals surface area (Å²) in [5.74, 6) is 1.15.